The quantitative estimate of drug-likeness (QED) is 0.706. The number of phenolic OH excluding ortho intramolecular Hbond substituents is 1. The van der Waals surface area contributed by atoms with Gasteiger partial charge in [-0.2, -0.15) is 0 Å². The third-order valence-electron chi connectivity index (χ3n) is 3.83. The van der Waals surface area contributed by atoms with Gasteiger partial charge in [0.05, 0.1) is 10.2 Å². The number of rotatable bonds is 2. The molecule has 3 rings (SSSR count). The zero-order valence-electron chi connectivity index (χ0n) is 11.7. The second-order valence-electron chi connectivity index (χ2n) is 5.05. The largest absolute Gasteiger partial charge is 0.507 e. The second kappa shape index (κ2) is 5.04. The molecule has 1 N–H and O–H groups in total. The Kier molecular flexibility index (Phi) is 3.33. The monoisotopic (exact) mass is 343 g/mol. The number of aromatic nitrogens is 1. The first-order valence-electron chi connectivity index (χ1n) is 6.60. The van der Waals surface area contributed by atoms with Crippen LogP contribution in [0.3, 0.4) is 0 Å². The molecule has 4 heteroatoms. The Bertz CT molecular complexity index is 865. The standard InChI is InChI=1S/C17H14BrNO2/c1-10-11(2)16(19-8-4-3-5-14(10)19)17(21)12-6-7-15(20)13(18)9-12/h3-9,20H,1-2H3. The van der Waals surface area contributed by atoms with Crippen LogP contribution in [-0.4, -0.2) is 15.3 Å². The van der Waals surface area contributed by atoms with E-state index in [-0.39, 0.29) is 11.5 Å². The van der Waals surface area contributed by atoms with Gasteiger partial charge >= 0.3 is 0 Å². The number of hydrogen-bond donors (Lipinski definition) is 1. The number of benzene rings is 1. The average Bonchev–Trinajstić information content (AvgIpc) is 2.74. The van der Waals surface area contributed by atoms with E-state index >= 15 is 0 Å². The molecule has 0 fully saturated rings. The third-order valence-corrected chi connectivity index (χ3v) is 4.46. The Balaban J connectivity index is 2.22. The smallest absolute Gasteiger partial charge is 0.210 e. The zero-order chi connectivity index (χ0) is 15.1. The van der Waals surface area contributed by atoms with E-state index in [1.54, 1.807) is 12.1 Å². The molecule has 21 heavy (non-hydrogen) atoms. The van der Waals surface area contributed by atoms with E-state index in [0.717, 1.165) is 16.6 Å². The van der Waals surface area contributed by atoms with Crippen molar-refractivity contribution in [1.82, 2.24) is 4.40 Å². The number of pyridine rings is 1. The summed E-state index contributed by atoms with van der Waals surface area (Å²) in [7, 11) is 0. The van der Waals surface area contributed by atoms with E-state index in [2.05, 4.69) is 15.9 Å². The van der Waals surface area contributed by atoms with E-state index in [1.807, 2.05) is 42.6 Å². The molecule has 2 aromatic heterocycles. The number of carbonyl (C=O) groups is 1. The Morgan fingerprint density at radius 3 is 2.62 bits per heavy atom. The van der Waals surface area contributed by atoms with Crippen molar-refractivity contribution in [2.75, 3.05) is 0 Å². The van der Waals surface area contributed by atoms with Gasteiger partial charge in [0.1, 0.15) is 5.75 Å². The molecule has 0 bridgehead atoms. The molecule has 0 radical (unpaired) electrons. The van der Waals surface area contributed by atoms with E-state index in [1.165, 1.54) is 6.07 Å². The molecule has 0 saturated heterocycles. The Morgan fingerprint density at radius 1 is 1.14 bits per heavy atom. The van der Waals surface area contributed by atoms with Gasteiger partial charge in [0, 0.05) is 17.3 Å². The van der Waals surface area contributed by atoms with Crippen LogP contribution in [0.5, 0.6) is 5.75 Å². The number of hydrogen-bond acceptors (Lipinski definition) is 2. The van der Waals surface area contributed by atoms with E-state index in [4.69, 9.17) is 0 Å². The molecule has 0 amide bonds. The predicted octanol–water partition coefficient (Wildman–Crippen LogP) is 4.26. The molecule has 1 aromatic carbocycles. The van der Waals surface area contributed by atoms with Crippen molar-refractivity contribution in [1.29, 1.82) is 0 Å². The van der Waals surface area contributed by atoms with Crippen molar-refractivity contribution in [3.63, 3.8) is 0 Å². The lowest BCUT2D eigenvalue weighted by atomic mass is 10.0. The lowest BCUT2D eigenvalue weighted by Gasteiger charge is -2.05. The summed E-state index contributed by atoms with van der Waals surface area (Å²) >= 11 is 3.25. The first-order chi connectivity index (χ1) is 10.0. The minimum atomic E-state index is -0.0532. The highest BCUT2D eigenvalue weighted by atomic mass is 79.9. The van der Waals surface area contributed by atoms with Gasteiger partial charge in [-0.05, 0) is 71.2 Å². The molecule has 0 aliphatic carbocycles. The SMILES string of the molecule is Cc1c(C)c2ccccn2c1C(=O)c1ccc(O)c(Br)c1. The summed E-state index contributed by atoms with van der Waals surface area (Å²) in [6, 6.07) is 10.7. The lowest BCUT2D eigenvalue weighted by molar-refractivity contribution is 0.103. The minimum Gasteiger partial charge on any atom is -0.507 e. The third kappa shape index (κ3) is 2.16. The van der Waals surface area contributed by atoms with Gasteiger partial charge in [-0.25, -0.2) is 0 Å². The van der Waals surface area contributed by atoms with Gasteiger partial charge in [-0.3, -0.25) is 4.79 Å². The molecule has 106 valence electrons. The number of fused-ring (bicyclic) bond motifs is 1. The van der Waals surface area contributed by atoms with Crippen LogP contribution in [0.2, 0.25) is 0 Å². The van der Waals surface area contributed by atoms with Crippen LogP contribution >= 0.6 is 15.9 Å². The van der Waals surface area contributed by atoms with Crippen LogP contribution in [0.4, 0.5) is 0 Å². The van der Waals surface area contributed by atoms with E-state index in [0.29, 0.717) is 15.7 Å². The van der Waals surface area contributed by atoms with Crippen molar-refractivity contribution in [3.05, 3.63) is 69.5 Å². The highest BCUT2D eigenvalue weighted by Gasteiger charge is 2.20. The summed E-state index contributed by atoms with van der Waals surface area (Å²) in [6.07, 6.45) is 1.90. The lowest BCUT2D eigenvalue weighted by Crippen LogP contribution is -2.06. The average molecular weight is 344 g/mol. The summed E-state index contributed by atoms with van der Waals surface area (Å²) in [5.41, 5.74) is 4.34. The van der Waals surface area contributed by atoms with E-state index < -0.39 is 0 Å². The van der Waals surface area contributed by atoms with Crippen molar-refractivity contribution >= 4 is 27.2 Å². The van der Waals surface area contributed by atoms with Gasteiger partial charge in [0.15, 0.2) is 0 Å². The number of ketones is 1. The van der Waals surface area contributed by atoms with Crippen molar-refractivity contribution in [3.8, 4) is 5.75 Å². The molecule has 2 heterocycles. The van der Waals surface area contributed by atoms with E-state index in [9.17, 15) is 9.90 Å². The topological polar surface area (TPSA) is 41.7 Å². The number of halogens is 1. The van der Waals surface area contributed by atoms with Gasteiger partial charge < -0.3 is 9.51 Å². The van der Waals surface area contributed by atoms with Gasteiger partial charge in [0.2, 0.25) is 5.78 Å². The molecular weight excluding hydrogens is 330 g/mol. The normalized spacial score (nSPS) is 11.0. The van der Waals surface area contributed by atoms with Gasteiger partial charge in [0.25, 0.3) is 0 Å². The summed E-state index contributed by atoms with van der Waals surface area (Å²) in [5, 5.41) is 9.56. The summed E-state index contributed by atoms with van der Waals surface area (Å²) in [6.45, 7) is 3.99. The van der Waals surface area contributed by atoms with Crippen LogP contribution in [0.15, 0.2) is 47.1 Å². The number of aryl methyl sites for hydroxylation is 1. The molecule has 0 spiro atoms. The predicted molar refractivity (Wildman–Crippen MR) is 86.1 cm³/mol. The fraction of sp³-hybridized carbons (Fsp3) is 0.118. The van der Waals surface area contributed by atoms with Gasteiger partial charge in [-0.1, -0.05) is 6.07 Å². The number of phenols is 1. The molecule has 0 atom stereocenters. The molecule has 0 aliphatic rings. The van der Waals surface area contributed by atoms with Crippen molar-refractivity contribution in [2.45, 2.75) is 13.8 Å². The maximum absolute atomic E-state index is 12.8. The highest BCUT2D eigenvalue weighted by Crippen LogP contribution is 2.28. The Morgan fingerprint density at radius 2 is 1.90 bits per heavy atom. The van der Waals surface area contributed by atoms with Crippen LogP contribution in [0, 0.1) is 13.8 Å². The molecule has 3 nitrogen and oxygen atoms in total. The minimum absolute atomic E-state index is 0.0532. The summed E-state index contributed by atoms with van der Waals surface area (Å²) in [5.74, 6) is 0.0713. The number of aromatic hydroxyl groups is 1. The molecule has 0 saturated carbocycles. The molecule has 0 aliphatic heterocycles. The fourth-order valence-electron chi connectivity index (χ4n) is 2.56. The molecular formula is C17H14BrNO2. The first-order valence-corrected chi connectivity index (χ1v) is 7.39. The maximum atomic E-state index is 12.8. The van der Waals surface area contributed by atoms with Crippen molar-refractivity contribution < 1.29 is 9.90 Å². The summed E-state index contributed by atoms with van der Waals surface area (Å²) < 4.78 is 2.44. The van der Waals surface area contributed by atoms with Gasteiger partial charge in [-0.15, -0.1) is 0 Å². The Hall–Kier alpha value is -2.07. The number of carbonyl (C=O) groups excluding carboxylic acids is 1. The second-order valence-corrected chi connectivity index (χ2v) is 5.90. The van der Waals surface area contributed by atoms with Crippen LogP contribution in [0.1, 0.15) is 27.2 Å². The maximum Gasteiger partial charge on any atom is 0.210 e. The number of nitrogens with zero attached hydrogens (tertiary/aromatic N) is 1. The molecule has 0 unspecified atom stereocenters. The first kappa shape index (κ1) is 13.9. The highest BCUT2D eigenvalue weighted by molar-refractivity contribution is 9.10. The zero-order valence-corrected chi connectivity index (χ0v) is 13.3. The van der Waals surface area contributed by atoms with Crippen LogP contribution in [-0.2, 0) is 0 Å². The van der Waals surface area contributed by atoms with Crippen LogP contribution < -0.4 is 0 Å². The Labute approximate surface area is 131 Å². The van der Waals surface area contributed by atoms with Crippen LogP contribution in [0.25, 0.3) is 5.52 Å². The fourth-order valence-corrected chi connectivity index (χ4v) is 2.94. The molecule has 3 aromatic rings. The summed E-state index contributed by atoms with van der Waals surface area (Å²) in [4.78, 5) is 12.8. The van der Waals surface area contributed by atoms with Crippen molar-refractivity contribution in [2.24, 2.45) is 0 Å².